The normalized spacial score (nSPS) is 8.80. The van der Waals surface area contributed by atoms with Gasteiger partial charge < -0.3 is 13.9 Å². The van der Waals surface area contributed by atoms with Crippen molar-refractivity contribution in [3.05, 3.63) is 123 Å². The molecule has 0 fully saturated rings. The van der Waals surface area contributed by atoms with Crippen LogP contribution in [0.25, 0.3) is 10.9 Å². The summed E-state index contributed by atoms with van der Waals surface area (Å²) in [5.41, 5.74) is 1.21. The zero-order valence-electron chi connectivity index (χ0n) is 34.0. The van der Waals surface area contributed by atoms with E-state index in [1.54, 1.807) is 43.2 Å². The number of pyridine rings is 1. The fourth-order valence-electron chi connectivity index (χ4n) is 1.87. The predicted molar refractivity (Wildman–Crippen MR) is 217 cm³/mol. The van der Waals surface area contributed by atoms with Crippen molar-refractivity contribution in [1.29, 1.82) is 0 Å². The average Bonchev–Trinajstić information content (AvgIpc) is 3.87. The van der Waals surface area contributed by atoms with E-state index in [4.69, 9.17) is 0 Å². The molecule has 0 saturated heterocycles. The number of fused-ring (bicyclic) bond motifs is 1. The first kappa shape index (κ1) is 52.4. The van der Waals surface area contributed by atoms with Crippen LogP contribution >= 0.6 is 0 Å². The van der Waals surface area contributed by atoms with Gasteiger partial charge in [0, 0.05) is 36.5 Å². The van der Waals surface area contributed by atoms with Gasteiger partial charge in [0.25, 0.3) is 0 Å². The van der Waals surface area contributed by atoms with Gasteiger partial charge in [-0.2, -0.15) is 5.10 Å². The highest BCUT2D eigenvalue weighted by atomic mass is 16.5. The van der Waals surface area contributed by atoms with Crippen LogP contribution in [0.3, 0.4) is 0 Å². The number of oxazole rings is 1. The number of benzene rings is 1. The molecule has 50 heavy (non-hydrogen) atoms. The maximum Gasteiger partial charge on any atom is 0.180 e. The van der Waals surface area contributed by atoms with Crippen LogP contribution < -0.4 is 0 Å². The first-order valence-electron chi connectivity index (χ1n) is 17.6. The van der Waals surface area contributed by atoms with Crippen molar-refractivity contribution < 1.29 is 8.94 Å². The molecule has 6 rings (SSSR count). The lowest BCUT2D eigenvalue weighted by atomic mass is 10.3. The van der Waals surface area contributed by atoms with E-state index in [0.717, 1.165) is 29.6 Å². The average molecular weight is 693 g/mol. The maximum atomic E-state index is 4.47. The first-order chi connectivity index (χ1) is 23.6. The van der Waals surface area contributed by atoms with Gasteiger partial charge in [-0.15, -0.1) is 0 Å². The lowest BCUT2D eigenvalue weighted by molar-refractivity contribution is 0.420. The second kappa shape index (κ2) is 42.6. The molecule has 0 spiro atoms. The minimum Gasteiger partial charge on any atom is -0.452 e. The second-order valence-corrected chi connectivity index (χ2v) is 13.9. The quantitative estimate of drug-likeness (QED) is 0.164. The molecule has 0 aliphatic carbocycles. The van der Waals surface area contributed by atoms with Gasteiger partial charge >= 0.3 is 0 Å². The van der Waals surface area contributed by atoms with Crippen molar-refractivity contribution in [3.8, 4) is 0 Å². The van der Waals surface area contributed by atoms with Crippen LogP contribution in [0.15, 0.2) is 132 Å². The number of hydrogen-bond donors (Lipinski definition) is 2. The van der Waals surface area contributed by atoms with Crippen molar-refractivity contribution in [3.63, 3.8) is 0 Å². The minimum atomic E-state index is 0.833. The third-order valence-corrected chi connectivity index (χ3v) is 3.13. The summed E-state index contributed by atoms with van der Waals surface area (Å²) in [5, 5.41) is 10.8. The fourth-order valence-corrected chi connectivity index (χ4v) is 1.87. The Morgan fingerprint density at radius 2 is 1.02 bits per heavy atom. The number of rotatable bonds is 0. The third kappa shape index (κ3) is 70.0. The molecule has 8 heteroatoms. The number of aromatic amines is 2. The van der Waals surface area contributed by atoms with Crippen molar-refractivity contribution in [1.82, 2.24) is 30.3 Å². The number of aromatic nitrogens is 6. The molecule has 0 saturated carbocycles. The third-order valence-electron chi connectivity index (χ3n) is 3.13. The van der Waals surface area contributed by atoms with Crippen LogP contribution in [-0.2, 0) is 0 Å². The zero-order valence-corrected chi connectivity index (χ0v) is 34.0. The molecular weight excluding hydrogens is 621 g/mol. The standard InChI is InChI=1S/C8H7N.C5H5N.5C4H10.C3H4N2.2C3H3NO/c1-2-4-8-7(3-1)5-6-9-8;1-2-4-6-5-3-1;5*1-4(2)3;1-2-4-5-3-1;1-2-5-3-4-1;1-2-4-5-3-1/h1-6,9H;1-5H;5*4H,1-3H3;1-3H,(H,4,5);2*1-3H. The highest BCUT2D eigenvalue weighted by Gasteiger charge is 1.86. The summed E-state index contributed by atoms with van der Waals surface area (Å²) in [4.78, 5) is 10.5. The van der Waals surface area contributed by atoms with Crippen LogP contribution in [0.4, 0.5) is 0 Å². The van der Waals surface area contributed by atoms with Crippen molar-refractivity contribution in [2.24, 2.45) is 29.6 Å². The Bertz CT molecular complexity index is 1060. The minimum absolute atomic E-state index is 0.833. The first-order valence-corrected chi connectivity index (χ1v) is 17.6. The summed E-state index contributed by atoms with van der Waals surface area (Å²) in [6.07, 6.45) is 16.5. The smallest absolute Gasteiger partial charge is 0.180 e. The zero-order chi connectivity index (χ0) is 38.8. The largest absolute Gasteiger partial charge is 0.452 e. The van der Waals surface area contributed by atoms with E-state index in [0.29, 0.717) is 0 Å². The second-order valence-electron chi connectivity index (χ2n) is 13.9. The van der Waals surface area contributed by atoms with E-state index in [1.807, 2.05) is 42.6 Å². The Hall–Kier alpha value is -4.46. The predicted octanol–water partition coefficient (Wildman–Crippen LogP) is 13.3. The van der Waals surface area contributed by atoms with Crippen molar-refractivity contribution >= 4 is 10.9 Å². The van der Waals surface area contributed by atoms with Gasteiger partial charge in [0.1, 0.15) is 12.5 Å². The van der Waals surface area contributed by atoms with Crippen LogP contribution in [0.5, 0.6) is 0 Å². The lowest BCUT2D eigenvalue weighted by Gasteiger charge is -1.83. The van der Waals surface area contributed by atoms with E-state index in [2.05, 4.69) is 161 Å². The van der Waals surface area contributed by atoms with Gasteiger partial charge in [0.2, 0.25) is 0 Å². The summed E-state index contributed by atoms with van der Waals surface area (Å²) in [5.74, 6) is 4.17. The lowest BCUT2D eigenvalue weighted by Crippen LogP contribution is -1.66. The van der Waals surface area contributed by atoms with Gasteiger partial charge in [-0.25, -0.2) is 4.98 Å². The van der Waals surface area contributed by atoms with Gasteiger partial charge in [-0.05, 0) is 71.4 Å². The molecule has 282 valence electrons. The number of H-pyrrole nitrogens is 2. The molecule has 0 bridgehead atoms. The molecule has 6 aromatic rings. The Kier molecular flexibility index (Phi) is 44.6. The van der Waals surface area contributed by atoms with E-state index in [1.165, 1.54) is 29.8 Å². The molecular formula is C42H72N6O2. The molecule has 5 heterocycles. The molecule has 0 aliphatic rings. The molecule has 1 aromatic carbocycles. The molecule has 0 amide bonds. The molecule has 0 aliphatic heterocycles. The summed E-state index contributed by atoms with van der Waals surface area (Å²) in [6, 6.07) is 19.6. The number of nitrogens with zero attached hydrogens (tertiary/aromatic N) is 4. The molecule has 2 N–H and O–H groups in total. The highest BCUT2D eigenvalue weighted by molar-refractivity contribution is 5.78. The summed E-state index contributed by atoms with van der Waals surface area (Å²) in [6.45, 7) is 32.5. The Balaban J connectivity index is -0.000000239. The molecule has 0 atom stereocenters. The van der Waals surface area contributed by atoms with Gasteiger partial charge in [0.05, 0.1) is 12.4 Å². The topological polar surface area (TPSA) is 109 Å². The van der Waals surface area contributed by atoms with Gasteiger partial charge in [-0.1, -0.05) is 133 Å². The van der Waals surface area contributed by atoms with Crippen molar-refractivity contribution in [2.75, 3.05) is 0 Å². The van der Waals surface area contributed by atoms with Crippen LogP contribution in [-0.4, -0.2) is 30.3 Å². The van der Waals surface area contributed by atoms with E-state index in [9.17, 15) is 0 Å². The molecule has 8 nitrogen and oxygen atoms in total. The molecule has 5 aromatic heterocycles. The van der Waals surface area contributed by atoms with Gasteiger partial charge in [0.15, 0.2) is 6.39 Å². The number of para-hydroxylation sites is 1. The van der Waals surface area contributed by atoms with Crippen LogP contribution in [0.1, 0.15) is 104 Å². The van der Waals surface area contributed by atoms with E-state index < -0.39 is 0 Å². The van der Waals surface area contributed by atoms with Gasteiger partial charge in [-0.3, -0.25) is 10.1 Å². The Labute approximate surface area is 305 Å². The van der Waals surface area contributed by atoms with E-state index >= 15 is 0 Å². The Morgan fingerprint density at radius 1 is 0.480 bits per heavy atom. The Morgan fingerprint density at radius 3 is 1.26 bits per heavy atom. The monoisotopic (exact) mass is 693 g/mol. The summed E-state index contributed by atoms with van der Waals surface area (Å²) >= 11 is 0. The molecule has 0 unspecified atom stereocenters. The fraction of sp³-hybridized carbons (Fsp3) is 0.476. The van der Waals surface area contributed by atoms with Crippen molar-refractivity contribution in [2.45, 2.75) is 104 Å². The van der Waals surface area contributed by atoms with E-state index in [-0.39, 0.29) is 0 Å². The summed E-state index contributed by atoms with van der Waals surface area (Å²) in [7, 11) is 0. The highest BCUT2D eigenvalue weighted by Crippen LogP contribution is 2.09. The van der Waals surface area contributed by atoms with Crippen LogP contribution in [0.2, 0.25) is 0 Å². The summed E-state index contributed by atoms with van der Waals surface area (Å²) < 4.78 is 8.81. The molecule has 0 radical (unpaired) electrons. The maximum absolute atomic E-state index is 4.47. The number of hydrogen-bond acceptors (Lipinski definition) is 6. The number of nitrogens with one attached hydrogen (secondary N) is 2. The van der Waals surface area contributed by atoms with Crippen LogP contribution in [0, 0.1) is 29.6 Å². The SMILES string of the molecule is CC(C)C.CC(C)C.CC(C)C.CC(C)C.CC(C)C.c1ccc2[nH]ccc2c1.c1ccncc1.c1cn[nH]c1.c1cnoc1.c1cocn1.